The normalized spacial score (nSPS) is 16.3. The van der Waals surface area contributed by atoms with E-state index in [1.54, 1.807) is 12.1 Å². The van der Waals surface area contributed by atoms with Gasteiger partial charge in [0.15, 0.2) is 0 Å². The number of carbonyl (C=O) groups is 1. The van der Waals surface area contributed by atoms with E-state index in [4.69, 9.17) is 11.6 Å². The van der Waals surface area contributed by atoms with Gasteiger partial charge in [0.25, 0.3) is 0 Å². The summed E-state index contributed by atoms with van der Waals surface area (Å²) < 4.78 is 0. The summed E-state index contributed by atoms with van der Waals surface area (Å²) in [7, 11) is 0. The van der Waals surface area contributed by atoms with Crippen molar-refractivity contribution >= 4 is 28.9 Å². The molecule has 1 aliphatic carbocycles. The van der Waals surface area contributed by atoms with Gasteiger partial charge in [0, 0.05) is 17.5 Å². The number of fused-ring (bicyclic) bond motifs is 1. The first kappa shape index (κ1) is 28.2. The van der Waals surface area contributed by atoms with Gasteiger partial charge in [0.2, 0.25) is 0 Å². The van der Waals surface area contributed by atoms with E-state index in [-0.39, 0.29) is 5.92 Å². The van der Waals surface area contributed by atoms with Crippen molar-refractivity contribution in [2.45, 2.75) is 38.3 Å². The predicted molar refractivity (Wildman–Crippen MR) is 180 cm³/mol. The lowest BCUT2D eigenvalue weighted by Gasteiger charge is -2.28. The lowest BCUT2D eigenvalue weighted by molar-refractivity contribution is 0.0697. The molecule has 2 aliphatic rings. The highest BCUT2D eigenvalue weighted by Crippen LogP contribution is 2.46. The van der Waals surface area contributed by atoms with E-state index < -0.39 is 5.97 Å². The minimum Gasteiger partial charge on any atom is -0.478 e. The van der Waals surface area contributed by atoms with Crippen molar-refractivity contribution in [1.29, 1.82) is 0 Å². The first-order valence-corrected chi connectivity index (χ1v) is 15.7. The number of benzene rings is 5. The van der Waals surface area contributed by atoms with Crippen LogP contribution in [-0.4, -0.2) is 23.8 Å². The van der Waals surface area contributed by atoms with Gasteiger partial charge in [-0.05, 0) is 102 Å². The molecule has 2 unspecified atom stereocenters. The van der Waals surface area contributed by atoms with Gasteiger partial charge in [0.05, 0.1) is 16.9 Å². The topological polar surface area (TPSA) is 52.6 Å². The summed E-state index contributed by atoms with van der Waals surface area (Å²) in [4.78, 5) is 14.1. The lowest BCUT2D eigenvalue weighted by Crippen LogP contribution is -2.38. The molecule has 7 rings (SSSR count). The Bertz CT molecular complexity index is 1770. The first-order valence-electron chi connectivity index (χ1n) is 15.3. The van der Waals surface area contributed by atoms with Crippen LogP contribution < -0.4 is 10.2 Å². The van der Waals surface area contributed by atoms with E-state index >= 15 is 0 Å². The molecule has 2 N–H and O–H groups in total. The van der Waals surface area contributed by atoms with Crippen LogP contribution >= 0.6 is 11.6 Å². The van der Waals surface area contributed by atoms with E-state index in [9.17, 15) is 9.90 Å². The number of halogens is 1. The molecule has 1 heterocycles. The fraction of sp³-hybridized carbons (Fsp3) is 0.205. The Balaban J connectivity index is 1.20. The average Bonchev–Trinajstić information content (AvgIpc) is 3.83. The summed E-state index contributed by atoms with van der Waals surface area (Å²) in [6.07, 6.45) is 3.69. The van der Waals surface area contributed by atoms with Crippen molar-refractivity contribution in [3.8, 4) is 11.1 Å². The van der Waals surface area contributed by atoms with Crippen LogP contribution in [-0.2, 0) is 6.42 Å². The number of hydrogen-bond acceptors (Lipinski definition) is 3. The maximum absolute atomic E-state index is 11.5. The van der Waals surface area contributed by atoms with Crippen LogP contribution in [0.4, 0.5) is 11.4 Å². The van der Waals surface area contributed by atoms with Crippen LogP contribution in [0, 0.1) is 12.8 Å². The maximum atomic E-state index is 11.5. The van der Waals surface area contributed by atoms with Crippen molar-refractivity contribution in [2.24, 2.45) is 5.92 Å². The Kier molecular flexibility index (Phi) is 7.61. The molecule has 4 nitrogen and oxygen atoms in total. The van der Waals surface area contributed by atoms with E-state index in [2.05, 4.69) is 96.0 Å². The lowest BCUT2D eigenvalue weighted by atomic mass is 9.84. The monoisotopic (exact) mass is 598 g/mol. The Morgan fingerprint density at radius 2 is 1.50 bits per heavy atom. The second-order valence-electron chi connectivity index (χ2n) is 12.1. The molecular formula is C39H35ClN2O2. The highest BCUT2D eigenvalue weighted by Gasteiger charge is 2.40. The zero-order valence-corrected chi connectivity index (χ0v) is 25.5. The average molecular weight is 599 g/mol. The second-order valence-corrected chi connectivity index (χ2v) is 12.6. The molecule has 0 bridgehead atoms. The summed E-state index contributed by atoms with van der Waals surface area (Å²) in [5, 5.41) is 14.1. The van der Waals surface area contributed by atoms with Gasteiger partial charge in [-0.15, -0.1) is 0 Å². The van der Waals surface area contributed by atoms with Crippen LogP contribution in [0.1, 0.15) is 56.9 Å². The number of carboxylic acid groups (broad SMARTS) is 1. The predicted octanol–water partition coefficient (Wildman–Crippen LogP) is 9.40. The van der Waals surface area contributed by atoms with Gasteiger partial charge in [-0.1, -0.05) is 96.0 Å². The number of aryl methyl sites for hydroxylation is 1. The minimum absolute atomic E-state index is 0.0956. The highest BCUT2D eigenvalue weighted by atomic mass is 35.5. The maximum Gasteiger partial charge on any atom is 0.335 e. The molecule has 2 atom stereocenters. The standard InChI is InChI=1S/C39H35ClN2O2/c1-25-8-10-27(11-9-25)37(28-14-17-34(40)18-15-28)32-16-19-35-36(24-32)42(38(41-35)29-12-13-29)21-20-26-4-2-5-30(22-26)31-6-3-7-33(23-31)39(43)44/h2-11,14-19,22-24,29,37-38,41H,12-13,20-21H2,1H3,(H,43,44). The van der Waals surface area contributed by atoms with E-state index in [1.807, 2.05) is 24.3 Å². The molecule has 0 saturated heterocycles. The molecule has 44 heavy (non-hydrogen) atoms. The third kappa shape index (κ3) is 5.82. The molecule has 0 amide bonds. The SMILES string of the molecule is Cc1ccc(C(c2ccc(Cl)cc2)c2ccc3c(c2)N(CCc2cccc(-c4cccc(C(=O)O)c4)c2)C(C2CC2)N3)cc1. The van der Waals surface area contributed by atoms with Gasteiger partial charge in [-0.2, -0.15) is 0 Å². The molecule has 5 aromatic carbocycles. The van der Waals surface area contributed by atoms with Crippen molar-refractivity contribution < 1.29 is 9.90 Å². The largest absolute Gasteiger partial charge is 0.478 e. The van der Waals surface area contributed by atoms with Crippen LogP contribution in [0.15, 0.2) is 115 Å². The third-order valence-electron chi connectivity index (χ3n) is 9.00. The Labute approximate surface area is 264 Å². The Morgan fingerprint density at radius 3 is 2.20 bits per heavy atom. The number of anilines is 2. The van der Waals surface area contributed by atoms with Gasteiger partial charge in [-0.3, -0.25) is 0 Å². The number of carboxylic acids is 1. The summed E-state index contributed by atoms with van der Waals surface area (Å²) in [5.74, 6) is -0.160. The van der Waals surface area contributed by atoms with Gasteiger partial charge < -0.3 is 15.3 Å². The van der Waals surface area contributed by atoms with Crippen molar-refractivity contribution in [2.75, 3.05) is 16.8 Å². The number of nitrogens with one attached hydrogen (secondary N) is 1. The first-order chi connectivity index (χ1) is 21.4. The number of aromatic carboxylic acids is 1. The number of nitrogens with zero attached hydrogens (tertiary/aromatic N) is 1. The quantitative estimate of drug-likeness (QED) is 0.166. The van der Waals surface area contributed by atoms with Gasteiger partial charge >= 0.3 is 5.97 Å². The summed E-state index contributed by atoms with van der Waals surface area (Å²) in [6, 6.07) is 39.7. The molecule has 220 valence electrons. The molecule has 5 aromatic rings. The fourth-order valence-corrected chi connectivity index (χ4v) is 6.62. The van der Waals surface area contributed by atoms with Crippen molar-refractivity contribution in [3.63, 3.8) is 0 Å². The van der Waals surface area contributed by atoms with Crippen LogP contribution in [0.5, 0.6) is 0 Å². The van der Waals surface area contributed by atoms with Crippen molar-refractivity contribution in [3.05, 3.63) is 154 Å². The summed E-state index contributed by atoms with van der Waals surface area (Å²) in [5.41, 5.74) is 11.0. The summed E-state index contributed by atoms with van der Waals surface area (Å²) in [6.45, 7) is 3.01. The van der Waals surface area contributed by atoms with Gasteiger partial charge in [0.1, 0.15) is 6.17 Å². The van der Waals surface area contributed by atoms with Gasteiger partial charge in [-0.25, -0.2) is 4.79 Å². The minimum atomic E-state index is -0.908. The molecule has 0 aromatic heterocycles. The number of hydrogen-bond donors (Lipinski definition) is 2. The molecule has 0 spiro atoms. The van der Waals surface area contributed by atoms with E-state index in [0.29, 0.717) is 17.6 Å². The third-order valence-corrected chi connectivity index (χ3v) is 9.25. The Morgan fingerprint density at radius 1 is 0.841 bits per heavy atom. The fourth-order valence-electron chi connectivity index (χ4n) is 6.50. The zero-order valence-electron chi connectivity index (χ0n) is 24.7. The van der Waals surface area contributed by atoms with E-state index in [1.165, 1.54) is 52.0 Å². The van der Waals surface area contributed by atoms with E-state index in [0.717, 1.165) is 29.1 Å². The molecule has 1 saturated carbocycles. The molecule has 0 radical (unpaired) electrons. The molecule has 1 fully saturated rings. The molecular weight excluding hydrogens is 564 g/mol. The Hall–Kier alpha value is -4.54. The van der Waals surface area contributed by atoms with Crippen LogP contribution in [0.25, 0.3) is 11.1 Å². The number of rotatable bonds is 9. The zero-order chi connectivity index (χ0) is 30.2. The van der Waals surface area contributed by atoms with Crippen LogP contribution in [0.3, 0.4) is 0 Å². The highest BCUT2D eigenvalue weighted by molar-refractivity contribution is 6.30. The molecule has 5 heteroatoms. The van der Waals surface area contributed by atoms with Crippen molar-refractivity contribution in [1.82, 2.24) is 0 Å². The smallest absolute Gasteiger partial charge is 0.335 e. The molecule has 1 aliphatic heterocycles. The van der Waals surface area contributed by atoms with Crippen LogP contribution in [0.2, 0.25) is 5.02 Å². The second kappa shape index (κ2) is 11.9. The summed E-state index contributed by atoms with van der Waals surface area (Å²) >= 11 is 6.29.